The molecule has 0 saturated heterocycles. The molecule has 5 rings (SSSR count). The van der Waals surface area contributed by atoms with E-state index in [2.05, 4.69) is 4.98 Å². The van der Waals surface area contributed by atoms with Crippen molar-refractivity contribution in [2.75, 3.05) is 6.61 Å². The van der Waals surface area contributed by atoms with Gasteiger partial charge in [-0.15, -0.1) is 0 Å². The standard InChI is InChI=1S/C26H18ClNO4/c1-15-11-23-18(12-20(15)27)24(30)26(25(32-23)16-7-3-2-4-8-16)31-14-22(29)19-13-28-21-10-6-5-9-17(19)21/h2-13,28H,14H2,1H3. The van der Waals surface area contributed by atoms with Gasteiger partial charge in [0.1, 0.15) is 5.58 Å². The highest BCUT2D eigenvalue weighted by molar-refractivity contribution is 6.32. The lowest BCUT2D eigenvalue weighted by Crippen LogP contribution is -2.17. The van der Waals surface area contributed by atoms with Gasteiger partial charge in [-0.3, -0.25) is 9.59 Å². The number of benzene rings is 3. The van der Waals surface area contributed by atoms with Gasteiger partial charge in [-0.1, -0.05) is 60.1 Å². The van der Waals surface area contributed by atoms with Crippen molar-refractivity contribution in [2.45, 2.75) is 6.92 Å². The third kappa shape index (κ3) is 3.47. The Morgan fingerprint density at radius 1 is 1.03 bits per heavy atom. The number of aromatic nitrogens is 1. The van der Waals surface area contributed by atoms with Gasteiger partial charge >= 0.3 is 0 Å². The summed E-state index contributed by atoms with van der Waals surface area (Å²) in [6, 6.07) is 20.0. The highest BCUT2D eigenvalue weighted by Gasteiger charge is 2.21. The molecule has 0 bridgehead atoms. The fourth-order valence-corrected chi connectivity index (χ4v) is 3.89. The largest absolute Gasteiger partial charge is 0.478 e. The first kappa shape index (κ1) is 20.1. The Morgan fingerprint density at radius 3 is 2.59 bits per heavy atom. The van der Waals surface area contributed by atoms with E-state index >= 15 is 0 Å². The first-order valence-corrected chi connectivity index (χ1v) is 10.4. The maximum absolute atomic E-state index is 13.3. The number of aromatic amines is 1. The Balaban J connectivity index is 1.59. The Hall–Kier alpha value is -3.83. The topological polar surface area (TPSA) is 72.3 Å². The van der Waals surface area contributed by atoms with Crippen LogP contribution in [0.15, 0.2) is 82.1 Å². The van der Waals surface area contributed by atoms with E-state index in [1.807, 2.05) is 61.5 Å². The highest BCUT2D eigenvalue weighted by Crippen LogP contribution is 2.33. The van der Waals surface area contributed by atoms with Gasteiger partial charge < -0.3 is 14.1 Å². The minimum atomic E-state index is -0.376. The number of rotatable bonds is 5. The van der Waals surface area contributed by atoms with E-state index in [9.17, 15) is 9.59 Å². The van der Waals surface area contributed by atoms with Crippen molar-refractivity contribution in [3.63, 3.8) is 0 Å². The van der Waals surface area contributed by atoms with E-state index in [1.54, 1.807) is 18.3 Å². The molecule has 3 aromatic carbocycles. The summed E-state index contributed by atoms with van der Waals surface area (Å²) in [4.78, 5) is 29.3. The van der Waals surface area contributed by atoms with Crippen LogP contribution in [0.4, 0.5) is 0 Å². The molecule has 0 unspecified atom stereocenters. The molecular weight excluding hydrogens is 426 g/mol. The molecule has 0 aliphatic rings. The molecule has 0 saturated carbocycles. The summed E-state index contributed by atoms with van der Waals surface area (Å²) in [6.07, 6.45) is 1.65. The molecule has 158 valence electrons. The SMILES string of the molecule is Cc1cc2oc(-c3ccccc3)c(OCC(=O)c3c[nH]c4ccccc34)c(=O)c2cc1Cl. The fourth-order valence-electron chi connectivity index (χ4n) is 3.73. The third-order valence-corrected chi connectivity index (χ3v) is 5.81. The Labute approximate surface area is 188 Å². The number of hydrogen-bond acceptors (Lipinski definition) is 4. The minimum Gasteiger partial charge on any atom is -0.478 e. The van der Waals surface area contributed by atoms with Crippen molar-refractivity contribution < 1.29 is 13.9 Å². The van der Waals surface area contributed by atoms with Crippen LogP contribution in [0, 0.1) is 6.92 Å². The molecule has 0 atom stereocenters. The van der Waals surface area contributed by atoms with Crippen LogP contribution >= 0.6 is 11.6 Å². The maximum Gasteiger partial charge on any atom is 0.235 e. The number of aryl methyl sites for hydroxylation is 1. The van der Waals surface area contributed by atoms with E-state index in [0.717, 1.165) is 16.5 Å². The summed E-state index contributed by atoms with van der Waals surface area (Å²) in [7, 11) is 0. The highest BCUT2D eigenvalue weighted by atomic mass is 35.5. The molecular formula is C26H18ClNO4. The number of Topliss-reactive ketones (excluding diaryl/α,β-unsaturated/α-hetero) is 1. The summed E-state index contributed by atoms with van der Waals surface area (Å²) in [5, 5.41) is 1.56. The number of ketones is 1. The van der Waals surface area contributed by atoms with Gasteiger partial charge in [-0.05, 0) is 30.7 Å². The second kappa shape index (κ2) is 8.02. The van der Waals surface area contributed by atoms with Gasteiger partial charge in [0.15, 0.2) is 12.4 Å². The van der Waals surface area contributed by atoms with Crippen LogP contribution < -0.4 is 10.2 Å². The quantitative estimate of drug-likeness (QED) is 0.330. The van der Waals surface area contributed by atoms with Crippen molar-refractivity contribution in [1.82, 2.24) is 4.98 Å². The van der Waals surface area contributed by atoms with Crippen LogP contribution in [-0.4, -0.2) is 17.4 Å². The van der Waals surface area contributed by atoms with Crippen LogP contribution in [-0.2, 0) is 0 Å². The van der Waals surface area contributed by atoms with Gasteiger partial charge in [-0.25, -0.2) is 0 Å². The molecule has 5 nitrogen and oxygen atoms in total. The Kier molecular flexibility index (Phi) is 5.04. The molecule has 0 radical (unpaired) electrons. The normalized spacial score (nSPS) is 11.2. The smallest absolute Gasteiger partial charge is 0.235 e. The van der Waals surface area contributed by atoms with E-state index < -0.39 is 0 Å². The number of carbonyl (C=O) groups excluding carboxylic acids is 1. The first-order chi connectivity index (χ1) is 15.5. The number of fused-ring (bicyclic) bond motifs is 2. The van der Waals surface area contributed by atoms with Crippen molar-refractivity contribution >= 4 is 39.3 Å². The molecule has 0 amide bonds. The molecule has 0 fully saturated rings. The summed E-state index contributed by atoms with van der Waals surface area (Å²) >= 11 is 6.24. The number of nitrogens with one attached hydrogen (secondary N) is 1. The predicted octanol–water partition coefficient (Wildman–Crippen LogP) is 6.16. The average molecular weight is 444 g/mol. The summed E-state index contributed by atoms with van der Waals surface area (Å²) in [5.74, 6) is 0.0104. The zero-order valence-electron chi connectivity index (χ0n) is 17.1. The molecule has 32 heavy (non-hydrogen) atoms. The van der Waals surface area contributed by atoms with E-state index in [-0.39, 0.29) is 29.3 Å². The lowest BCUT2D eigenvalue weighted by atomic mass is 10.1. The van der Waals surface area contributed by atoms with Gasteiger partial charge in [-0.2, -0.15) is 0 Å². The number of ether oxygens (including phenoxy) is 1. The molecule has 1 N–H and O–H groups in total. The number of H-pyrrole nitrogens is 1. The maximum atomic E-state index is 13.3. The predicted molar refractivity (Wildman–Crippen MR) is 126 cm³/mol. The zero-order chi connectivity index (χ0) is 22.2. The molecule has 2 heterocycles. The van der Waals surface area contributed by atoms with Crippen molar-refractivity contribution in [1.29, 1.82) is 0 Å². The second-order valence-corrected chi connectivity index (χ2v) is 7.92. The molecule has 0 aliphatic carbocycles. The number of carbonyl (C=O) groups is 1. The first-order valence-electron chi connectivity index (χ1n) is 10.1. The van der Waals surface area contributed by atoms with E-state index in [1.165, 1.54) is 0 Å². The van der Waals surface area contributed by atoms with Crippen molar-refractivity contribution in [2.24, 2.45) is 0 Å². The van der Waals surface area contributed by atoms with Crippen molar-refractivity contribution in [3.05, 3.63) is 99.3 Å². The van der Waals surface area contributed by atoms with Crippen LogP contribution in [0.25, 0.3) is 33.2 Å². The summed E-state index contributed by atoms with van der Waals surface area (Å²) in [6.45, 7) is 1.53. The lowest BCUT2D eigenvalue weighted by Gasteiger charge is -2.12. The van der Waals surface area contributed by atoms with Gasteiger partial charge in [0.25, 0.3) is 0 Å². The van der Waals surface area contributed by atoms with E-state index in [0.29, 0.717) is 27.1 Å². The van der Waals surface area contributed by atoms with Crippen LogP contribution in [0.5, 0.6) is 5.75 Å². The average Bonchev–Trinajstić information content (AvgIpc) is 3.24. The second-order valence-electron chi connectivity index (χ2n) is 7.51. The Morgan fingerprint density at radius 2 is 1.78 bits per heavy atom. The number of hydrogen-bond donors (Lipinski definition) is 1. The number of para-hydroxylation sites is 1. The van der Waals surface area contributed by atoms with Gasteiger partial charge in [0.05, 0.1) is 5.39 Å². The van der Waals surface area contributed by atoms with Crippen LogP contribution in [0.3, 0.4) is 0 Å². The Bertz CT molecular complexity index is 1530. The molecule has 2 aromatic heterocycles. The summed E-state index contributed by atoms with van der Waals surface area (Å²) in [5.41, 5.74) is 2.87. The van der Waals surface area contributed by atoms with Gasteiger partial charge in [0, 0.05) is 33.2 Å². The van der Waals surface area contributed by atoms with Crippen LogP contribution in [0.1, 0.15) is 15.9 Å². The lowest BCUT2D eigenvalue weighted by molar-refractivity contribution is 0.0922. The minimum absolute atomic E-state index is 0.0168. The third-order valence-electron chi connectivity index (χ3n) is 5.40. The summed E-state index contributed by atoms with van der Waals surface area (Å²) < 4.78 is 11.9. The monoisotopic (exact) mass is 443 g/mol. The van der Waals surface area contributed by atoms with Crippen LogP contribution in [0.2, 0.25) is 5.02 Å². The fraction of sp³-hybridized carbons (Fsp3) is 0.0769. The molecule has 5 aromatic rings. The molecule has 0 aliphatic heterocycles. The number of halogens is 1. The van der Waals surface area contributed by atoms with E-state index in [4.69, 9.17) is 20.8 Å². The zero-order valence-corrected chi connectivity index (χ0v) is 17.9. The molecule has 6 heteroatoms. The van der Waals surface area contributed by atoms with Crippen molar-refractivity contribution in [3.8, 4) is 17.1 Å². The molecule has 0 spiro atoms. The van der Waals surface area contributed by atoms with Gasteiger partial charge in [0.2, 0.25) is 17.0 Å².